The molecule has 5 heteroatoms. The third kappa shape index (κ3) is 7.29. The average Bonchev–Trinajstić information content (AvgIpc) is 3.20. The third-order valence-electron chi connectivity index (χ3n) is 6.43. The second-order valence-corrected chi connectivity index (χ2v) is 8.87. The fourth-order valence-electron chi connectivity index (χ4n) is 4.31. The number of esters is 1. The number of nitrogens with zero attached hydrogens (tertiary/aromatic N) is 1. The number of hydrogen-bond acceptors (Lipinski definition) is 4. The van der Waals surface area contributed by atoms with Crippen LogP contribution in [0.3, 0.4) is 0 Å². The molecular weight excluding hydrogens is 414 g/mol. The minimum atomic E-state index is -0.521. The molecule has 3 atom stereocenters. The van der Waals surface area contributed by atoms with Crippen molar-refractivity contribution in [1.82, 2.24) is 4.90 Å². The highest BCUT2D eigenvalue weighted by atomic mass is 16.5. The van der Waals surface area contributed by atoms with Crippen LogP contribution in [0.15, 0.2) is 66.7 Å². The van der Waals surface area contributed by atoms with Crippen molar-refractivity contribution in [2.45, 2.75) is 57.6 Å². The van der Waals surface area contributed by atoms with E-state index in [9.17, 15) is 14.7 Å². The number of aliphatic hydroxyl groups is 1. The molecule has 5 nitrogen and oxygen atoms in total. The highest BCUT2D eigenvalue weighted by molar-refractivity contribution is 5.89. The maximum Gasteiger partial charge on any atom is 0.337 e. The minimum absolute atomic E-state index is 0.0369. The standard InChI is InChI=1S/C28H35NO4/c1-21(13-14-22-8-4-3-5-9-22)26(30)17-15-25-16-18-27(31)29(25)19-7-11-23-10-6-12-24(20-23)28(32)33-2/h3-6,8-10,12,15,17,20-21,25-26,30H,7,11,13-14,16,18-19H2,1-2H3/b17-15+/t21-,25-,26+/m0/s1. The normalized spacial score (nSPS) is 18.0. The quantitative estimate of drug-likeness (QED) is 0.403. The van der Waals surface area contributed by atoms with Crippen molar-refractivity contribution in [3.05, 3.63) is 83.4 Å². The summed E-state index contributed by atoms with van der Waals surface area (Å²) in [7, 11) is 1.38. The molecule has 1 heterocycles. The van der Waals surface area contributed by atoms with E-state index in [2.05, 4.69) is 19.1 Å². The number of aliphatic hydroxyl groups excluding tert-OH is 1. The van der Waals surface area contributed by atoms with E-state index < -0.39 is 6.10 Å². The Morgan fingerprint density at radius 1 is 1.15 bits per heavy atom. The van der Waals surface area contributed by atoms with E-state index in [1.54, 1.807) is 6.07 Å². The Bertz CT molecular complexity index is 940. The molecule has 1 fully saturated rings. The van der Waals surface area contributed by atoms with Gasteiger partial charge in [0.2, 0.25) is 5.91 Å². The molecule has 0 aromatic heterocycles. The summed E-state index contributed by atoms with van der Waals surface area (Å²) in [5.74, 6) is -0.0259. The van der Waals surface area contributed by atoms with Gasteiger partial charge in [0.25, 0.3) is 0 Å². The van der Waals surface area contributed by atoms with E-state index in [0.29, 0.717) is 18.5 Å². The van der Waals surface area contributed by atoms with Gasteiger partial charge in [-0.1, -0.05) is 61.5 Å². The lowest BCUT2D eigenvalue weighted by atomic mass is 9.95. The molecule has 0 radical (unpaired) electrons. The van der Waals surface area contributed by atoms with Crippen LogP contribution in [0.4, 0.5) is 0 Å². The topological polar surface area (TPSA) is 66.8 Å². The lowest BCUT2D eigenvalue weighted by Gasteiger charge is -2.23. The van der Waals surface area contributed by atoms with Gasteiger partial charge in [0, 0.05) is 13.0 Å². The van der Waals surface area contributed by atoms with Gasteiger partial charge >= 0.3 is 5.97 Å². The summed E-state index contributed by atoms with van der Waals surface area (Å²) in [6, 6.07) is 17.8. The fraction of sp³-hybridized carbons (Fsp3) is 0.429. The molecule has 0 unspecified atom stereocenters. The smallest absolute Gasteiger partial charge is 0.337 e. The Labute approximate surface area is 197 Å². The first kappa shape index (κ1) is 24.7. The van der Waals surface area contributed by atoms with E-state index in [-0.39, 0.29) is 23.8 Å². The Balaban J connectivity index is 1.48. The Kier molecular flexibility index (Phi) is 9.25. The van der Waals surface area contributed by atoms with Gasteiger partial charge in [-0.25, -0.2) is 4.79 Å². The van der Waals surface area contributed by atoms with Crippen LogP contribution < -0.4 is 0 Å². The van der Waals surface area contributed by atoms with Gasteiger partial charge < -0.3 is 14.7 Å². The van der Waals surface area contributed by atoms with Crippen LogP contribution in [0.2, 0.25) is 0 Å². The second kappa shape index (κ2) is 12.4. The lowest BCUT2D eigenvalue weighted by Crippen LogP contribution is -2.33. The Morgan fingerprint density at radius 3 is 2.67 bits per heavy atom. The van der Waals surface area contributed by atoms with Crippen LogP contribution in [0.5, 0.6) is 0 Å². The summed E-state index contributed by atoms with van der Waals surface area (Å²) in [5, 5.41) is 10.6. The Morgan fingerprint density at radius 2 is 1.91 bits per heavy atom. The molecule has 1 N–H and O–H groups in total. The lowest BCUT2D eigenvalue weighted by molar-refractivity contribution is -0.128. The van der Waals surface area contributed by atoms with Crippen molar-refractivity contribution >= 4 is 11.9 Å². The number of hydrogen-bond donors (Lipinski definition) is 1. The van der Waals surface area contributed by atoms with Crippen LogP contribution in [0, 0.1) is 5.92 Å². The summed E-state index contributed by atoms with van der Waals surface area (Å²) < 4.78 is 4.79. The zero-order valence-corrected chi connectivity index (χ0v) is 19.7. The largest absolute Gasteiger partial charge is 0.465 e. The first-order valence-corrected chi connectivity index (χ1v) is 11.8. The van der Waals surface area contributed by atoms with Crippen molar-refractivity contribution < 1.29 is 19.4 Å². The number of ether oxygens (including phenoxy) is 1. The first-order valence-electron chi connectivity index (χ1n) is 11.8. The van der Waals surface area contributed by atoms with E-state index in [1.807, 2.05) is 53.5 Å². The predicted octanol–water partition coefficient (Wildman–Crippen LogP) is 4.58. The summed E-state index contributed by atoms with van der Waals surface area (Å²) in [4.78, 5) is 26.1. The number of carbonyl (C=O) groups is 2. The molecule has 2 aromatic rings. The highest BCUT2D eigenvalue weighted by Gasteiger charge is 2.28. The molecule has 33 heavy (non-hydrogen) atoms. The summed E-state index contributed by atoms with van der Waals surface area (Å²) >= 11 is 0. The molecule has 3 rings (SSSR count). The van der Waals surface area contributed by atoms with E-state index in [4.69, 9.17) is 4.74 Å². The molecular formula is C28H35NO4. The first-order chi connectivity index (χ1) is 16.0. The van der Waals surface area contributed by atoms with Crippen LogP contribution in [-0.4, -0.2) is 47.7 Å². The van der Waals surface area contributed by atoms with E-state index in [0.717, 1.165) is 37.7 Å². The Hall–Kier alpha value is -2.92. The highest BCUT2D eigenvalue weighted by Crippen LogP contribution is 2.22. The number of amides is 1. The molecule has 0 spiro atoms. The average molecular weight is 450 g/mol. The monoisotopic (exact) mass is 449 g/mol. The minimum Gasteiger partial charge on any atom is -0.465 e. The van der Waals surface area contributed by atoms with Crippen LogP contribution in [0.1, 0.15) is 54.1 Å². The van der Waals surface area contributed by atoms with Gasteiger partial charge in [-0.05, 0) is 61.3 Å². The number of rotatable bonds is 11. The van der Waals surface area contributed by atoms with Gasteiger partial charge in [-0.2, -0.15) is 0 Å². The maximum atomic E-state index is 12.4. The van der Waals surface area contributed by atoms with Crippen LogP contribution in [-0.2, 0) is 22.4 Å². The molecule has 0 saturated carbocycles. The van der Waals surface area contributed by atoms with Crippen LogP contribution >= 0.6 is 0 Å². The molecule has 1 aliphatic rings. The fourth-order valence-corrected chi connectivity index (χ4v) is 4.31. The van der Waals surface area contributed by atoms with Crippen molar-refractivity contribution in [1.29, 1.82) is 0 Å². The summed E-state index contributed by atoms with van der Waals surface area (Å²) in [5.41, 5.74) is 2.88. The number of carbonyl (C=O) groups excluding carboxylic acids is 2. The molecule has 176 valence electrons. The maximum absolute atomic E-state index is 12.4. The van der Waals surface area contributed by atoms with Gasteiger partial charge in [-0.15, -0.1) is 0 Å². The van der Waals surface area contributed by atoms with E-state index >= 15 is 0 Å². The second-order valence-electron chi connectivity index (χ2n) is 8.87. The predicted molar refractivity (Wildman–Crippen MR) is 130 cm³/mol. The van der Waals surface area contributed by atoms with Crippen molar-refractivity contribution in [2.75, 3.05) is 13.7 Å². The van der Waals surface area contributed by atoms with Crippen molar-refractivity contribution in [3.63, 3.8) is 0 Å². The zero-order valence-electron chi connectivity index (χ0n) is 19.7. The molecule has 1 aliphatic heterocycles. The molecule has 2 aromatic carbocycles. The number of methoxy groups -OCH3 is 1. The van der Waals surface area contributed by atoms with Gasteiger partial charge in [-0.3, -0.25) is 4.79 Å². The molecule has 0 bridgehead atoms. The third-order valence-corrected chi connectivity index (χ3v) is 6.43. The van der Waals surface area contributed by atoms with Crippen LogP contribution in [0.25, 0.3) is 0 Å². The van der Waals surface area contributed by atoms with Gasteiger partial charge in [0.1, 0.15) is 0 Å². The number of aryl methyl sites for hydroxylation is 2. The van der Waals surface area contributed by atoms with Crippen molar-refractivity contribution in [2.24, 2.45) is 5.92 Å². The van der Waals surface area contributed by atoms with Crippen molar-refractivity contribution in [3.8, 4) is 0 Å². The SMILES string of the molecule is COC(=O)c1cccc(CCCN2C(=O)CC[C@@H]2/C=C/[C@@H](O)[C@@H](C)CCc2ccccc2)c1. The molecule has 0 aliphatic carbocycles. The summed E-state index contributed by atoms with van der Waals surface area (Å²) in [6.45, 7) is 2.73. The van der Waals surface area contributed by atoms with Gasteiger partial charge in [0.15, 0.2) is 0 Å². The van der Waals surface area contributed by atoms with E-state index in [1.165, 1.54) is 12.7 Å². The summed E-state index contributed by atoms with van der Waals surface area (Å²) in [6.07, 6.45) is 8.14. The zero-order chi connectivity index (χ0) is 23.6. The number of likely N-dealkylation sites (tertiary alicyclic amines) is 1. The molecule has 1 saturated heterocycles. The molecule has 1 amide bonds. The van der Waals surface area contributed by atoms with Gasteiger partial charge in [0.05, 0.1) is 24.8 Å². The number of benzene rings is 2.